The number of aromatic nitrogens is 3. The molecular formula is C13H17ClN4OS. The fraction of sp³-hybridized carbons (Fsp3) is 0.385. The molecule has 1 aromatic carbocycles. The predicted octanol–water partition coefficient (Wildman–Crippen LogP) is 2.46. The maximum absolute atomic E-state index is 11.7. The smallest absolute Gasteiger partial charge is 0.330 e. The second kappa shape index (κ2) is 6.47. The van der Waals surface area contributed by atoms with Gasteiger partial charge in [-0.1, -0.05) is 17.7 Å². The molecule has 7 heteroatoms. The van der Waals surface area contributed by atoms with Crippen LogP contribution in [0.3, 0.4) is 0 Å². The van der Waals surface area contributed by atoms with Crippen molar-refractivity contribution in [2.24, 2.45) is 5.73 Å². The van der Waals surface area contributed by atoms with Crippen LogP contribution < -0.4 is 11.4 Å². The van der Waals surface area contributed by atoms with Crippen LogP contribution in [0.15, 0.2) is 33.0 Å². The monoisotopic (exact) mass is 312 g/mol. The number of H-pyrrole nitrogens is 1. The van der Waals surface area contributed by atoms with Crippen molar-refractivity contribution in [1.82, 2.24) is 14.8 Å². The fourth-order valence-corrected chi connectivity index (χ4v) is 3.16. The number of benzene rings is 1. The summed E-state index contributed by atoms with van der Waals surface area (Å²) in [4.78, 5) is 12.5. The Labute approximate surface area is 126 Å². The lowest BCUT2D eigenvalue weighted by Crippen LogP contribution is -2.19. The van der Waals surface area contributed by atoms with Gasteiger partial charge in [0.15, 0.2) is 5.16 Å². The van der Waals surface area contributed by atoms with Gasteiger partial charge in [0.05, 0.1) is 5.02 Å². The lowest BCUT2D eigenvalue weighted by molar-refractivity contribution is 0.534. The number of rotatable bonds is 5. The molecule has 2 rings (SSSR count). The van der Waals surface area contributed by atoms with Crippen LogP contribution in [0.25, 0.3) is 0 Å². The molecule has 2 aromatic rings. The third-order valence-electron chi connectivity index (χ3n) is 2.82. The Morgan fingerprint density at radius 3 is 2.85 bits per heavy atom. The summed E-state index contributed by atoms with van der Waals surface area (Å²) in [5.41, 5.74) is 6.42. The van der Waals surface area contributed by atoms with Crippen LogP contribution in [-0.2, 0) is 6.42 Å². The predicted molar refractivity (Wildman–Crippen MR) is 81.6 cm³/mol. The molecule has 1 aromatic heterocycles. The quantitative estimate of drug-likeness (QED) is 0.889. The molecule has 3 N–H and O–H groups in total. The first kappa shape index (κ1) is 15.2. The van der Waals surface area contributed by atoms with Gasteiger partial charge in [-0.15, -0.1) is 5.10 Å². The van der Waals surface area contributed by atoms with Crippen LogP contribution in [0.5, 0.6) is 0 Å². The number of nitrogens with zero attached hydrogens (tertiary/aromatic N) is 2. The summed E-state index contributed by atoms with van der Waals surface area (Å²) in [6.45, 7) is 4.47. The van der Waals surface area contributed by atoms with Gasteiger partial charge in [-0.2, -0.15) is 0 Å². The molecule has 0 aliphatic carbocycles. The van der Waals surface area contributed by atoms with Crippen LogP contribution in [0.2, 0.25) is 5.02 Å². The Hall–Kier alpha value is -1.24. The molecule has 0 atom stereocenters. The van der Waals surface area contributed by atoms with Gasteiger partial charge in [-0.25, -0.2) is 9.89 Å². The number of hydrogen-bond acceptors (Lipinski definition) is 4. The second-order valence-corrected chi connectivity index (χ2v) is 6.10. The minimum Gasteiger partial charge on any atom is -0.330 e. The van der Waals surface area contributed by atoms with Crippen molar-refractivity contribution in [3.63, 3.8) is 0 Å². The first-order valence-corrected chi connectivity index (χ1v) is 7.55. The Morgan fingerprint density at radius 2 is 2.25 bits per heavy atom. The van der Waals surface area contributed by atoms with Crippen molar-refractivity contribution in [1.29, 1.82) is 0 Å². The van der Waals surface area contributed by atoms with Gasteiger partial charge in [0.2, 0.25) is 0 Å². The van der Waals surface area contributed by atoms with Crippen molar-refractivity contribution < 1.29 is 0 Å². The molecule has 0 radical (unpaired) electrons. The largest absolute Gasteiger partial charge is 0.344 e. The van der Waals surface area contributed by atoms with Crippen molar-refractivity contribution in [3.8, 4) is 0 Å². The van der Waals surface area contributed by atoms with E-state index < -0.39 is 0 Å². The first-order valence-electron chi connectivity index (χ1n) is 6.36. The SMILES string of the molecule is CC(C)n1c(Sc2ccc(CCN)cc2Cl)n[nH]c1=O. The number of hydrogen-bond donors (Lipinski definition) is 2. The van der Waals surface area contributed by atoms with Crippen LogP contribution >= 0.6 is 23.4 Å². The molecule has 0 aliphatic heterocycles. The van der Waals surface area contributed by atoms with Crippen LogP contribution in [0, 0.1) is 0 Å². The van der Waals surface area contributed by atoms with E-state index in [0.29, 0.717) is 16.7 Å². The zero-order valence-electron chi connectivity index (χ0n) is 11.4. The Balaban J connectivity index is 2.29. The third kappa shape index (κ3) is 3.26. The van der Waals surface area contributed by atoms with Crippen molar-refractivity contribution in [2.45, 2.75) is 36.4 Å². The van der Waals surface area contributed by atoms with E-state index in [1.54, 1.807) is 4.57 Å². The molecule has 0 saturated heterocycles. The molecule has 1 heterocycles. The molecule has 0 amide bonds. The lowest BCUT2D eigenvalue weighted by Gasteiger charge is -2.10. The fourth-order valence-electron chi connectivity index (χ4n) is 1.87. The maximum atomic E-state index is 11.7. The van der Waals surface area contributed by atoms with Crippen LogP contribution in [0.4, 0.5) is 0 Å². The van der Waals surface area contributed by atoms with Gasteiger partial charge in [-0.3, -0.25) is 4.57 Å². The summed E-state index contributed by atoms with van der Waals surface area (Å²) in [5.74, 6) is 0. The summed E-state index contributed by atoms with van der Waals surface area (Å²) in [6.07, 6.45) is 0.795. The molecule has 5 nitrogen and oxygen atoms in total. The topological polar surface area (TPSA) is 76.7 Å². The Morgan fingerprint density at radius 1 is 1.50 bits per heavy atom. The highest BCUT2D eigenvalue weighted by molar-refractivity contribution is 7.99. The molecule has 0 aliphatic rings. The number of aromatic amines is 1. The minimum absolute atomic E-state index is 0.0408. The average Bonchev–Trinajstić information content (AvgIpc) is 2.74. The molecule has 0 unspecified atom stereocenters. The molecule has 0 fully saturated rings. The third-order valence-corrected chi connectivity index (χ3v) is 4.29. The van der Waals surface area contributed by atoms with Gasteiger partial charge in [0, 0.05) is 10.9 Å². The second-order valence-electron chi connectivity index (χ2n) is 4.68. The molecule has 0 spiro atoms. The van der Waals surface area contributed by atoms with E-state index >= 15 is 0 Å². The van der Waals surface area contributed by atoms with E-state index in [2.05, 4.69) is 10.2 Å². The number of nitrogens with two attached hydrogens (primary N) is 1. The Bertz CT molecular complexity index is 650. The summed E-state index contributed by atoms with van der Waals surface area (Å²) < 4.78 is 1.61. The molecule has 108 valence electrons. The van der Waals surface area contributed by atoms with Gasteiger partial charge in [0.1, 0.15) is 0 Å². The summed E-state index contributed by atoms with van der Waals surface area (Å²) in [5, 5.41) is 7.76. The van der Waals surface area contributed by atoms with Crippen molar-refractivity contribution >= 4 is 23.4 Å². The van der Waals surface area contributed by atoms with E-state index in [9.17, 15) is 4.79 Å². The van der Waals surface area contributed by atoms with Crippen molar-refractivity contribution in [3.05, 3.63) is 39.3 Å². The summed E-state index contributed by atoms with van der Waals surface area (Å²) in [7, 11) is 0. The molecule has 0 bridgehead atoms. The Kier molecular flexibility index (Phi) is 4.91. The summed E-state index contributed by atoms with van der Waals surface area (Å²) >= 11 is 7.64. The van der Waals surface area contributed by atoms with Crippen LogP contribution in [-0.4, -0.2) is 21.3 Å². The number of nitrogens with one attached hydrogen (secondary N) is 1. The van der Waals surface area contributed by atoms with Gasteiger partial charge < -0.3 is 5.73 Å². The van der Waals surface area contributed by atoms with E-state index in [1.807, 2.05) is 32.0 Å². The average molecular weight is 313 g/mol. The van der Waals surface area contributed by atoms with Gasteiger partial charge in [0.25, 0.3) is 0 Å². The summed E-state index contributed by atoms with van der Waals surface area (Å²) in [6, 6.07) is 5.87. The number of halogens is 1. The van der Waals surface area contributed by atoms with Gasteiger partial charge >= 0.3 is 5.69 Å². The van der Waals surface area contributed by atoms with Crippen molar-refractivity contribution in [2.75, 3.05) is 6.54 Å². The molecular weight excluding hydrogens is 296 g/mol. The first-order chi connectivity index (χ1) is 9.52. The maximum Gasteiger partial charge on any atom is 0.344 e. The minimum atomic E-state index is -0.210. The van der Waals surface area contributed by atoms with E-state index in [1.165, 1.54) is 11.8 Å². The van der Waals surface area contributed by atoms with Crippen LogP contribution in [0.1, 0.15) is 25.5 Å². The highest BCUT2D eigenvalue weighted by Gasteiger charge is 2.14. The zero-order chi connectivity index (χ0) is 14.7. The zero-order valence-corrected chi connectivity index (χ0v) is 13.0. The highest BCUT2D eigenvalue weighted by atomic mass is 35.5. The van der Waals surface area contributed by atoms with E-state index in [4.69, 9.17) is 17.3 Å². The van der Waals surface area contributed by atoms with Gasteiger partial charge in [-0.05, 0) is 56.3 Å². The van der Waals surface area contributed by atoms with E-state index in [-0.39, 0.29) is 11.7 Å². The molecule has 20 heavy (non-hydrogen) atoms. The van der Waals surface area contributed by atoms with E-state index in [0.717, 1.165) is 16.9 Å². The lowest BCUT2D eigenvalue weighted by atomic mass is 10.1. The highest BCUT2D eigenvalue weighted by Crippen LogP contribution is 2.33. The molecule has 0 saturated carbocycles. The normalized spacial score (nSPS) is 11.2. The standard InChI is InChI=1S/C13H17ClN4OS/c1-8(2)18-12(19)16-17-13(18)20-11-4-3-9(5-6-15)7-10(11)14/h3-4,7-8H,5-6,15H2,1-2H3,(H,16,19).